The molecule has 1 nitrogen and oxygen atoms in total. The Kier molecular flexibility index (Phi) is 5.09. The molecule has 0 radical (unpaired) electrons. The fourth-order valence-corrected chi connectivity index (χ4v) is 2.14. The molecule has 1 aromatic rings. The van der Waals surface area contributed by atoms with Crippen LogP contribution in [-0.4, -0.2) is 6.54 Å². The second-order valence-corrected chi connectivity index (χ2v) is 4.19. The fraction of sp³-hybridized carbons (Fsp3) is 0.333. The molecular formula is C12H14BrF2N. The van der Waals surface area contributed by atoms with Crippen LogP contribution >= 0.6 is 15.9 Å². The van der Waals surface area contributed by atoms with Gasteiger partial charge in [0.1, 0.15) is 0 Å². The highest BCUT2D eigenvalue weighted by molar-refractivity contribution is 9.10. The maximum Gasteiger partial charge on any atom is 0.173 e. The maximum atomic E-state index is 13.4. The molecule has 88 valence electrons. The Morgan fingerprint density at radius 3 is 2.75 bits per heavy atom. The van der Waals surface area contributed by atoms with E-state index < -0.39 is 11.6 Å². The van der Waals surface area contributed by atoms with Crippen molar-refractivity contribution in [2.75, 3.05) is 6.54 Å². The van der Waals surface area contributed by atoms with Crippen LogP contribution in [0.15, 0.2) is 29.3 Å². The number of halogens is 3. The molecule has 0 aliphatic heterocycles. The van der Waals surface area contributed by atoms with E-state index in [1.54, 1.807) is 12.1 Å². The van der Waals surface area contributed by atoms with Crippen LogP contribution in [0.4, 0.5) is 8.78 Å². The van der Waals surface area contributed by atoms with Crippen molar-refractivity contribution in [1.82, 2.24) is 5.32 Å². The predicted molar refractivity (Wildman–Crippen MR) is 65.3 cm³/mol. The van der Waals surface area contributed by atoms with Gasteiger partial charge in [-0.2, -0.15) is 0 Å². The van der Waals surface area contributed by atoms with Gasteiger partial charge in [-0.1, -0.05) is 19.1 Å². The lowest BCUT2D eigenvalue weighted by Crippen LogP contribution is -2.21. The first-order valence-electron chi connectivity index (χ1n) is 5.09. The van der Waals surface area contributed by atoms with Gasteiger partial charge in [-0.15, -0.1) is 6.58 Å². The van der Waals surface area contributed by atoms with Crippen LogP contribution in [0.2, 0.25) is 0 Å². The van der Waals surface area contributed by atoms with Crippen LogP contribution in [0.5, 0.6) is 0 Å². The van der Waals surface area contributed by atoms with Gasteiger partial charge in [0.25, 0.3) is 0 Å². The lowest BCUT2D eigenvalue weighted by atomic mass is 10.0. The van der Waals surface area contributed by atoms with Crippen molar-refractivity contribution in [3.63, 3.8) is 0 Å². The molecule has 0 aliphatic rings. The smallest absolute Gasteiger partial charge is 0.173 e. The Morgan fingerprint density at radius 2 is 2.19 bits per heavy atom. The molecule has 1 aromatic carbocycles. The van der Waals surface area contributed by atoms with E-state index in [0.29, 0.717) is 12.0 Å². The number of nitrogens with one attached hydrogen (secondary N) is 1. The molecule has 1 unspecified atom stereocenters. The Hall–Kier alpha value is -0.740. The first-order chi connectivity index (χ1) is 7.61. The average molecular weight is 290 g/mol. The van der Waals surface area contributed by atoms with Gasteiger partial charge in [-0.05, 0) is 40.5 Å². The summed E-state index contributed by atoms with van der Waals surface area (Å²) >= 11 is 3.08. The van der Waals surface area contributed by atoms with Crippen LogP contribution in [0.1, 0.15) is 24.9 Å². The first kappa shape index (κ1) is 13.3. The molecule has 0 saturated carbocycles. The Labute approximate surface area is 103 Å². The highest BCUT2D eigenvalue weighted by Crippen LogP contribution is 2.29. The van der Waals surface area contributed by atoms with Crippen molar-refractivity contribution < 1.29 is 8.78 Å². The summed E-state index contributed by atoms with van der Waals surface area (Å²) in [5, 5.41) is 3.20. The summed E-state index contributed by atoms with van der Waals surface area (Å²) in [5.74, 6) is -1.69. The molecular weight excluding hydrogens is 276 g/mol. The van der Waals surface area contributed by atoms with Gasteiger partial charge in [0.05, 0.1) is 4.47 Å². The summed E-state index contributed by atoms with van der Waals surface area (Å²) in [5.41, 5.74) is 0.709. The second-order valence-electron chi connectivity index (χ2n) is 3.40. The third-order valence-corrected chi connectivity index (χ3v) is 3.10. The van der Waals surface area contributed by atoms with Gasteiger partial charge in [0.2, 0.25) is 0 Å². The third kappa shape index (κ3) is 2.89. The molecule has 4 heteroatoms. The van der Waals surface area contributed by atoms with Crippen molar-refractivity contribution in [3.05, 3.63) is 46.5 Å². The summed E-state index contributed by atoms with van der Waals surface area (Å²) < 4.78 is 26.5. The fourth-order valence-electron chi connectivity index (χ4n) is 1.54. The van der Waals surface area contributed by atoms with E-state index >= 15 is 0 Å². The number of hydrogen-bond acceptors (Lipinski definition) is 1. The molecule has 0 saturated heterocycles. The molecule has 0 aliphatic carbocycles. The average Bonchev–Trinajstić information content (AvgIpc) is 2.26. The van der Waals surface area contributed by atoms with Crippen molar-refractivity contribution in [2.45, 2.75) is 19.4 Å². The molecule has 0 amide bonds. The van der Waals surface area contributed by atoms with E-state index in [9.17, 15) is 8.78 Å². The van der Waals surface area contributed by atoms with Crippen molar-refractivity contribution >= 4 is 15.9 Å². The minimum absolute atomic E-state index is 0.0491. The third-order valence-electron chi connectivity index (χ3n) is 2.29. The summed E-state index contributed by atoms with van der Waals surface area (Å²) in [6.07, 6.45) is 2.42. The maximum absolute atomic E-state index is 13.4. The second kappa shape index (κ2) is 6.11. The van der Waals surface area contributed by atoms with Gasteiger partial charge in [-0.3, -0.25) is 0 Å². The molecule has 16 heavy (non-hydrogen) atoms. The minimum Gasteiger partial charge on any atom is -0.310 e. The summed E-state index contributed by atoms with van der Waals surface area (Å²) in [6.45, 7) is 6.37. The summed E-state index contributed by atoms with van der Waals surface area (Å²) in [7, 11) is 0. The predicted octanol–water partition coefficient (Wildman–Crippen LogP) is 3.95. The van der Waals surface area contributed by atoms with Gasteiger partial charge in [0, 0.05) is 6.04 Å². The molecule has 1 atom stereocenters. The van der Waals surface area contributed by atoms with Gasteiger partial charge in [-0.25, -0.2) is 8.78 Å². The highest BCUT2D eigenvalue weighted by atomic mass is 79.9. The van der Waals surface area contributed by atoms with E-state index in [-0.39, 0.29) is 10.5 Å². The zero-order valence-electron chi connectivity index (χ0n) is 9.06. The van der Waals surface area contributed by atoms with E-state index in [4.69, 9.17) is 0 Å². The van der Waals surface area contributed by atoms with E-state index in [1.807, 2.05) is 6.92 Å². The summed E-state index contributed by atoms with van der Waals surface area (Å²) in [6, 6.07) is 2.68. The summed E-state index contributed by atoms with van der Waals surface area (Å²) in [4.78, 5) is 0. The first-order valence-corrected chi connectivity index (χ1v) is 5.88. The minimum atomic E-state index is -0.843. The highest BCUT2D eigenvalue weighted by Gasteiger charge is 2.17. The van der Waals surface area contributed by atoms with Crippen LogP contribution in [-0.2, 0) is 0 Å². The van der Waals surface area contributed by atoms with Crippen LogP contribution < -0.4 is 5.32 Å². The van der Waals surface area contributed by atoms with Gasteiger partial charge < -0.3 is 5.32 Å². The lowest BCUT2D eigenvalue weighted by Gasteiger charge is -2.18. The molecule has 1 N–H and O–H groups in total. The van der Waals surface area contributed by atoms with Crippen molar-refractivity contribution in [1.29, 1.82) is 0 Å². The Morgan fingerprint density at radius 1 is 1.50 bits per heavy atom. The molecule has 1 rings (SSSR count). The number of hydrogen-bond donors (Lipinski definition) is 1. The van der Waals surface area contributed by atoms with Crippen molar-refractivity contribution in [3.8, 4) is 0 Å². The van der Waals surface area contributed by atoms with E-state index in [1.165, 1.54) is 0 Å². The Bertz CT molecular complexity index is 380. The molecule has 0 aromatic heterocycles. The van der Waals surface area contributed by atoms with Crippen LogP contribution in [0.3, 0.4) is 0 Å². The SMILES string of the molecule is C=CCC(NCC)c1ccc(F)c(F)c1Br. The largest absolute Gasteiger partial charge is 0.310 e. The zero-order chi connectivity index (χ0) is 12.1. The van der Waals surface area contributed by atoms with Crippen LogP contribution in [0, 0.1) is 11.6 Å². The zero-order valence-corrected chi connectivity index (χ0v) is 10.7. The standard InChI is InChI=1S/C12H14BrF2N/c1-3-5-10(16-4-2)8-6-7-9(14)12(15)11(8)13/h3,6-7,10,16H,1,4-5H2,2H3. The molecule has 0 heterocycles. The van der Waals surface area contributed by atoms with E-state index in [0.717, 1.165) is 12.6 Å². The van der Waals surface area contributed by atoms with Crippen LogP contribution in [0.25, 0.3) is 0 Å². The topological polar surface area (TPSA) is 12.0 Å². The quantitative estimate of drug-likeness (QED) is 0.639. The molecule has 0 bridgehead atoms. The molecule has 0 fully saturated rings. The monoisotopic (exact) mass is 289 g/mol. The Balaban J connectivity index is 3.08. The van der Waals surface area contributed by atoms with Crippen molar-refractivity contribution in [2.24, 2.45) is 0 Å². The normalized spacial score (nSPS) is 12.5. The number of rotatable bonds is 5. The van der Waals surface area contributed by atoms with Gasteiger partial charge >= 0.3 is 0 Å². The number of benzene rings is 1. The van der Waals surface area contributed by atoms with E-state index in [2.05, 4.69) is 27.8 Å². The lowest BCUT2D eigenvalue weighted by molar-refractivity contribution is 0.492. The van der Waals surface area contributed by atoms with Gasteiger partial charge in [0.15, 0.2) is 11.6 Å². The molecule has 0 spiro atoms.